The molecule has 0 radical (unpaired) electrons. The van der Waals surface area contributed by atoms with Crippen molar-refractivity contribution in [1.82, 2.24) is 0 Å². The Morgan fingerprint density at radius 1 is 0.541 bits per heavy atom. The fraction of sp³-hybridized carbons (Fsp3) is 0.562. The molecule has 0 saturated heterocycles. The summed E-state index contributed by atoms with van der Waals surface area (Å²) < 4.78 is 23.5. The van der Waals surface area contributed by atoms with Crippen molar-refractivity contribution in [3.05, 3.63) is 72.8 Å². The molecule has 0 atom stereocenters. The molecular weight excluding hydrogens is 479 g/mol. The second kappa shape index (κ2) is 23.3. The van der Waals surface area contributed by atoms with Crippen LogP contribution >= 0.6 is 8.60 Å². The van der Waals surface area contributed by atoms with Gasteiger partial charge in [0.15, 0.2) is 0 Å². The van der Waals surface area contributed by atoms with Gasteiger partial charge in [0.1, 0.15) is 11.5 Å². The summed E-state index contributed by atoms with van der Waals surface area (Å²) >= 11 is 0. The van der Waals surface area contributed by atoms with Crippen LogP contribution in [-0.2, 0) is 9.26 Å². The molecule has 2 aromatic rings. The van der Waals surface area contributed by atoms with Crippen molar-refractivity contribution in [1.29, 1.82) is 0 Å². The quantitative estimate of drug-likeness (QED) is 0.0771. The molecule has 0 heterocycles. The molecule has 0 aliphatic heterocycles. The van der Waals surface area contributed by atoms with E-state index in [-0.39, 0.29) is 0 Å². The summed E-state index contributed by atoms with van der Waals surface area (Å²) in [6, 6.07) is 19.3. The first-order valence-corrected chi connectivity index (χ1v) is 15.6. The third-order valence-electron chi connectivity index (χ3n) is 6.07. The third-order valence-corrected chi connectivity index (χ3v) is 7.18. The number of hydrogen-bond donors (Lipinski definition) is 0. The summed E-state index contributed by atoms with van der Waals surface area (Å²) in [4.78, 5) is 0. The molecule has 0 spiro atoms. The van der Waals surface area contributed by atoms with Crippen LogP contribution in [0.1, 0.15) is 96.8 Å². The van der Waals surface area contributed by atoms with Gasteiger partial charge in [0.2, 0.25) is 0 Å². The molecule has 0 unspecified atom stereocenters. The average Bonchev–Trinajstić information content (AvgIpc) is 2.93. The lowest BCUT2D eigenvalue weighted by atomic mass is 10.1. The number of rotatable bonds is 24. The minimum Gasteiger partial charge on any atom is -0.418 e. The number of hydrogen-bond acceptors (Lipinski definition) is 4. The maximum absolute atomic E-state index is 5.92. The number of ether oxygens (including phenoxy) is 1. The van der Waals surface area contributed by atoms with Gasteiger partial charge in [-0.1, -0.05) is 113 Å². The zero-order chi connectivity index (χ0) is 26.1. The second-order valence-electron chi connectivity index (χ2n) is 9.42. The highest BCUT2D eigenvalue weighted by Gasteiger charge is 2.17. The number of para-hydroxylation sites is 2. The Hall–Kier alpha value is -1.87. The number of benzene rings is 2. The van der Waals surface area contributed by atoms with Gasteiger partial charge in [-0.25, -0.2) is 0 Å². The summed E-state index contributed by atoms with van der Waals surface area (Å²) in [5.74, 6) is 1.46. The fourth-order valence-electron chi connectivity index (χ4n) is 3.93. The highest BCUT2D eigenvalue weighted by molar-refractivity contribution is 7.42. The van der Waals surface area contributed by atoms with Crippen molar-refractivity contribution in [3.8, 4) is 11.5 Å². The van der Waals surface area contributed by atoms with Gasteiger partial charge in [-0.15, -0.1) is 0 Å². The standard InChI is InChI=1S/C32H49O4P/c1-2-3-4-5-6-7-8-9-10-11-12-13-14-15-16-23-28-33-29-30-34-37(35-31-24-19-17-20-25-31)36-32-26-21-18-22-27-32/h9-10,17-22,24-27H,2-8,11-16,23,28-30H2,1H3/b10-9-. The van der Waals surface area contributed by atoms with Crippen molar-refractivity contribution < 1.29 is 18.3 Å². The molecule has 5 heteroatoms. The molecule has 4 nitrogen and oxygen atoms in total. The van der Waals surface area contributed by atoms with Crippen LogP contribution in [0.2, 0.25) is 0 Å². The van der Waals surface area contributed by atoms with Crippen LogP contribution in [0, 0.1) is 0 Å². The predicted molar refractivity (Wildman–Crippen MR) is 157 cm³/mol. The zero-order valence-corrected chi connectivity index (χ0v) is 23.9. The topological polar surface area (TPSA) is 36.9 Å². The van der Waals surface area contributed by atoms with Crippen LogP contribution in [0.25, 0.3) is 0 Å². The second-order valence-corrected chi connectivity index (χ2v) is 10.5. The molecule has 0 aromatic heterocycles. The van der Waals surface area contributed by atoms with Crippen molar-refractivity contribution in [2.45, 2.75) is 96.8 Å². The van der Waals surface area contributed by atoms with E-state index in [2.05, 4.69) is 19.1 Å². The van der Waals surface area contributed by atoms with Gasteiger partial charge in [0.25, 0.3) is 0 Å². The van der Waals surface area contributed by atoms with Crippen LogP contribution in [0.3, 0.4) is 0 Å². The lowest BCUT2D eigenvalue weighted by Gasteiger charge is -2.17. The number of allylic oxidation sites excluding steroid dienone is 2. The largest absolute Gasteiger partial charge is 0.463 e. The van der Waals surface area contributed by atoms with Crippen molar-refractivity contribution in [3.63, 3.8) is 0 Å². The van der Waals surface area contributed by atoms with Gasteiger partial charge >= 0.3 is 8.60 Å². The minimum atomic E-state index is -1.54. The first-order valence-electron chi connectivity index (χ1n) is 14.5. The van der Waals surface area contributed by atoms with E-state index < -0.39 is 8.60 Å². The Labute approximate surface area is 227 Å². The van der Waals surface area contributed by atoms with E-state index in [9.17, 15) is 0 Å². The molecule has 0 saturated carbocycles. The lowest BCUT2D eigenvalue weighted by molar-refractivity contribution is 0.0935. The minimum absolute atomic E-state index is 0.442. The molecule has 0 amide bonds. The molecule has 0 bridgehead atoms. The summed E-state index contributed by atoms with van der Waals surface area (Å²) in [5, 5.41) is 0. The van der Waals surface area contributed by atoms with E-state index >= 15 is 0 Å². The van der Waals surface area contributed by atoms with Crippen LogP contribution < -0.4 is 9.05 Å². The normalized spacial score (nSPS) is 11.4. The van der Waals surface area contributed by atoms with E-state index in [4.69, 9.17) is 18.3 Å². The van der Waals surface area contributed by atoms with Gasteiger partial charge in [0, 0.05) is 6.61 Å². The smallest absolute Gasteiger partial charge is 0.418 e. The van der Waals surface area contributed by atoms with Gasteiger partial charge < -0.3 is 13.8 Å². The summed E-state index contributed by atoms with van der Waals surface area (Å²) in [7, 11) is -1.54. The Kier molecular flexibility index (Phi) is 19.7. The van der Waals surface area contributed by atoms with Crippen LogP contribution in [0.4, 0.5) is 0 Å². The van der Waals surface area contributed by atoms with Crippen molar-refractivity contribution in [2.24, 2.45) is 0 Å². The van der Waals surface area contributed by atoms with Crippen LogP contribution in [-0.4, -0.2) is 19.8 Å². The van der Waals surface area contributed by atoms with E-state index in [0.717, 1.165) is 24.5 Å². The van der Waals surface area contributed by atoms with Crippen LogP contribution in [0.5, 0.6) is 11.5 Å². The van der Waals surface area contributed by atoms with Crippen molar-refractivity contribution >= 4 is 8.60 Å². The predicted octanol–water partition coefficient (Wildman–Crippen LogP) is 10.4. The highest BCUT2D eigenvalue weighted by atomic mass is 31.2. The highest BCUT2D eigenvalue weighted by Crippen LogP contribution is 2.41. The molecule has 2 rings (SSSR count). The first kappa shape index (κ1) is 31.3. The number of unbranched alkanes of at least 4 members (excludes halogenated alkanes) is 12. The molecule has 0 fully saturated rings. The molecule has 2 aromatic carbocycles. The van der Waals surface area contributed by atoms with Gasteiger partial charge in [-0.05, 0) is 56.4 Å². The Bertz CT molecular complexity index is 727. The summed E-state index contributed by atoms with van der Waals surface area (Å²) in [6.07, 6.45) is 23.2. The van der Waals surface area contributed by atoms with Crippen LogP contribution in [0.15, 0.2) is 72.8 Å². The van der Waals surface area contributed by atoms with Gasteiger partial charge in [-0.3, -0.25) is 4.52 Å². The summed E-state index contributed by atoms with van der Waals surface area (Å²) in [5.41, 5.74) is 0. The SMILES string of the molecule is CCCCCCCC/C=C\CCCCCCCCOCCOP(Oc1ccccc1)Oc1ccccc1. The molecule has 0 N–H and O–H groups in total. The molecule has 0 aliphatic carbocycles. The fourth-order valence-corrected chi connectivity index (χ4v) is 4.88. The molecule has 206 valence electrons. The zero-order valence-electron chi connectivity index (χ0n) is 23.0. The Morgan fingerprint density at radius 2 is 1.03 bits per heavy atom. The monoisotopic (exact) mass is 528 g/mol. The van der Waals surface area contributed by atoms with Gasteiger partial charge in [-0.2, -0.15) is 0 Å². The Balaban J connectivity index is 1.41. The molecule has 37 heavy (non-hydrogen) atoms. The summed E-state index contributed by atoms with van der Waals surface area (Å²) in [6.45, 7) is 4.04. The third kappa shape index (κ3) is 18.1. The average molecular weight is 529 g/mol. The molecular formula is C32H49O4P. The maximum atomic E-state index is 5.92. The van der Waals surface area contributed by atoms with Crippen molar-refractivity contribution in [2.75, 3.05) is 19.8 Å². The Morgan fingerprint density at radius 3 is 1.57 bits per heavy atom. The van der Waals surface area contributed by atoms with E-state index in [1.807, 2.05) is 60.7 Å². The van der Waals surface area contributed by atoms with E-state index in [1.165, 1.54) is 83.5 Å². The van der Waals surface area contributed by atoms with E-state index in [0.29, 0.717) is 13.2 Å². The first-order chi connectivity index (χ1) is 18.4. The van der Waals surface area contributed by atoms with Gasteiger partial charge in [0.05, 0.1) is 13.2 Å². The lowest BCUT2D eigenvalue weighted by Crippen LogP contribution is -2.07. The van der Waals surface area contributed by atoms with E-state index in [1.54, 1.807) is 0 Å². The molecule has 0 aliphatic rings. The maximum Gasteiger partial charge on any atom is 0.463 e.